The van der Waals surface area contributed by atoms with Crippen LogP contribution in [0.4, 0.5) is 18.9 Å². The van der Waals surface area contributed by atoms with Gasteiger partial charge in [-0.3, -0.25) is 0 Å². The molecule has 0 aliphatic heterocycles. The molecule has 0 N–H and O–H groups in total. The predicted molar refractivity (Wildman–Crippen MR) is 67.6 cm³/mol. The summed E-state index contributed by atoms with van der Waals surface area (Å²) in [4.78, 5) is 1.57. The Labute approximate surface area is 112 Å². The van der Waals surface area contributed by atoms with E-state index < -0.39 is 12.6 Å². The maximum atomic E-state index is 12.1. The number of alkyl halides is 4. The minimum atomic E-state index is -4.13. The summed E-state index contributed by atoms with van der Waals surface area (Å²) in [5, 5.41) is 0. The predicted octanol–water partition coefficient (Wildman–Crippen LogP) is 4.58. The van der Waals surface area contributed by atoms with Gasteiger partial charge in [0.1, 0.15) is 0 Å². The number of hydrogen-bond acceptors (Lipinski definition) is 1. The fourth-order valence-corrected chi connectivity index (χ4v) is 2.25. The summed E-state index contributed by atoms with van der Waals surface area (Å²) in [6.07, 6.45) is -4.95. The van der Waals surface area contributed by atoms with Gasteiger partial charge in [-0.15, -0.1) is 11.6 Å². The average Bonchev–Trinajstić information content (AvgIpc) is 2.24. The molecule has 0 unspecified atom stereocenters. The van der Waals surface area contributed by atoms with Crippen LogP contribution >= 0.6 is 27.5 Å². The summed E-state index contributed by atoms with van der Waals surface area (Å²) in [7, 11) is 1.63. The van der Waals surface area contributed by atoms with Crippen LogP contribution in [-0.4, -0.2) is 19.8 Å². The molecular weight excluding hydrogens is 318 g/mol. The van der Waals surface area contributed by atoms with E-state index >= 15 is 0 Å². The topological polar surface area (TPSA) is 3.24 Å². The molecule has 0 bridgehead atoms. The van der Waals surface area contributed by atoms with E-state index in [1.54, 1.807) is 24.1 Å². The molecule has 0 saturated heterocycles. The van der Waals surface area contributed by atoms with Crippen molar-refractivity contribution < 1.29 is 13.2 Å². The standard InChI is InChI=1S/C11H12BrClF3N/c1-17(5-4-11(14,15)16)10-3-2-8(7-13)6-9(10)12/h2-3,6H,4-5,7H2,1H3. The van der Waals surface area contributed by atoms with Gasteiger partial charge in [0.25, 0.3) is 0 Å². The molecule has 0 fully saturated rings. The Morgan fingerprint density at radius 2 is 2.00 bits per heavy atom. The highest BCUT2D eigenvalue weighted by Crippen LogP contribution is 2.28. The highest BCUT2D eigenvalue weighted by Gasteiger charge is 2.27. The third-order valence-electron chi connectivity index (χ3n) is 2.31. The van der Waals surface area contributed by atoms with Gasteiger partial charge in [0.15, 0.2) is 0 Å². The quantitative estimate of drug-likeness (QED) is 0.731. The smallest absolute Gasteiger partial charge is 0.373 e. The number of rotatable bonds is 4. The average molecular weight is 331 g/mol. The first kappa shape index (κ1) is 14.6. The van der Waals surface area contributed by atoms with Crippen LogP contribution < -0.4 is 4.90 Å². The van der Waals surface area contributed by atoms with E-state index in [9.17, 15) is 13.2 Å². The molecule has 1 nitrogen and oxygen atoms in total. The number of halogens is 5. The van der Waals surface area contributed by atoms with Crippen molar-refractivity contribution in [3.05, 3.63) is 28.2 Å². The molecule has 1 rings (SSSR count). The van der Waals surface area contributed by atoms with Gasteiger partial charge in [0.2, 0.25) is 0 Å². The number of hydrogen-bond donors (Lipinski definition) is 0. The van der Waals surface area contributed by atoms with Crippen molar-refractivity contribution in [3.63, 3.8) is 0 Å². The van der Waals surface area contributed by atoms with Crippen molar-refractivity contribution in [3.8, 4) is 0 Å². The lowest BCUT2D eigenvalue weighted by Gasteiger charge is -2.21. The Morgan fingerprint density at radius 1 is 1.35 bits per heavy atom. The molecule has 0 aliphatic rings. The SMILES string of the molecule is CN(CCC(F)(F)F)c1ccc(CCl)cc1Br. The van der Waals surface area contributed by atoms with Gasteiger partial charge in [-0.25, -0.2) is 0 Å². The number of nitrogens with zero attached hydrogens (tertiary/aromatic N) is 1. The summed E-state index contributed by atoms with van der Waals surface area (Å²) < 4.78 is 37.0. The van der Waals surface area contributed by atoms with Crippen LogP contribution in [0, 0.1) is 0 Å². The highest BCUT2D eigenvalue weighted by molar-refractivity contribution is 9.10. The second-order valence-electron chi connectivity index (χ2n) is 3.71. The lowest BCUT2D eigenvalue weighted by Crippen LogP contribution is -2.24. The number of benzene rings is 1. The summed E-state index contributed by atoms with van der Waals surface area (Å²) in [5.74, 6) is 0.380. The molecule has 0 amide bonds. The Bertz CT molecular complexity index is 381. The van der Waals surface area contributed by atoms with Crippen molar-refractivity contribution in [1.82, 2.24) is 0 Å². The van der Waals surface area contributed by atoms with Crippen molar-refractivity contribution in [2.45, 2.75) is 18.5 Å². The van der Waals surface area contributed by atoms with Gasteiger partial charge in [-0.1, -0.05) is 6.07 Å². The van der Waals surface area contributed by atoms with E-state index in [0.29, 0.717) is 5.88 Å². The van der Waals surface area contributed by atoms with E-state index in [4.69, 9.17) is 11.6 Å². The van der Waals surface area contributed by atoms with Crippen LogP contribution in [0.3, 0.4) is 0 Å². The third kappa shape index (κ3) is 4.76. The van der Waals surface area contributed by atoms with Crippen molar-refractivity contribution in [2.75, 3.05) is 18.5 Å². The second kappa shape index (κ2) is 5.96. The van der Waals surface area contributed by atoms with E-state index in [-0.39, 0.29) is 6.54 Å². The van der Waals surface area contributed by atoms with Crippen molar-refractivity contribution >= 4 is 33.2 Å². The van der Waals surface area contributed by atoms with E-state index in [0.717, 1.165) is 15.7 Å². The summed E-state index contributed by atoms with van der Waals surface area (Å²) in [5.41, 5.74) is 1.65. The molecule has 1 aromatic rings. The molecule has 0 aliphatic carbocycles. The van der Waals surface area contributed by atoms with Gasteiger partial charge in [-0.05, 0) is 33.6 Å². The maximum absolute atomic E-state index is 12.1. The first-order chi connectivity index (χ1) is 7.83. The van der Waals surface area contributed by atoms with Crippen LogP contribution in [0.5, 0.6) is 0 Å². The third-order valence-corrected chi connectivity index (χ3v) is 3.25. The first-order valence-corrected chi connectivity index (χ1v) is 6.28. The van der Waals surface area contributed by atoms with Gasteiger partial charge < -0.3 is 4.90 Å². The van der Waals surface area contributed by atoms with E-state index in [1.165, 1.54) is 0 Å². The van der Waals surface area contributed by atoms with Crippen LogP contribution in [-0.2, 0) is 5.88 Å². The van der Waals surface area contributed by atoms with E-state index in [1.807, 2.05) is 6.07 Å². The lowest BCUT2D eigenvalue weighted by molar-refractivity contribution is -0.132. The summed E-state index contributed by atoms with van der Waals surface area (Å²) in [6.45, 7) is -0.0671. The Balaban J connectivity index is 2.72. The zero-order valence-corrected chi connectivity index (χ0v) is 11.5. The minimum Gasteiger partial charge on any atom is -0.373 e. The van der Waals surface area contributed by atoms with E-state index in [2.05, 4.69) is 15.9 Å². The maximum Gasteiger partial charge on any atom is 0.390 e. The van der Waals surface area contributed by atoms with Crippen molar-refractivity contribution in [2.24, 2.45) is 0 Å². The Hall–Kier alpha value is -0.420. The fraction of sp³-hybridized carbons (Fsp3) is 0.455. The fourth-order valence-electron chi connectivity index (χ4n) is 1.36. The molecule has 17 heavy (non-hydrogen) atoms. The van der Waals surface area contributed by atoms with Crippen LogP contribution in [0.15, 0.2) is 22.7 Å². The molecule has 96 valence electrons. The van der Waals surface area contributed by atoms with Gasteiger partial charge in [-0.2, -0.15) is 13.2 Å². The zero-order valence-electron chi connectivity index (χ0n) is 9.19. The minimum absolute atomic E-state index is 0.0671. The normalized spacial score (nSPS) is 11.6. The van der Waals surface area contributed by atoms with Gasteiger partial charge in [0, 0.05) is 23.9 Å². The largest absolute Gasteiger partial charge is 0.390 e. The number of anilines is 1. The second-order valence-corrected chi connectivity index (χ2v) is 4.83. The Kier molecular flexibility index (Phi) is 5.13. The van der Waals surface area contributed by atoms with Crippen LogP contribution in [0.1, 0.15) is 12.0 Å². The molecular formula is C11H12BrClF3N. The summed E-state index contributed by atoms with van der Waals surface area (Å²) in [6, 6.07) is 5.38. The molecule has 0 heterocycles. The van der Waals surface area contributed by atoms with Crippen LogP contribution in [0.25, 0.3) is 0 Å². The first-order valence-electron chi connectivity index (χ1n) is 4.96. The van der Waals surface area contributed by atoms with Gasteiger partial charge in [0.05, 0.1) is 12.1 Å². The van der Waals surface area contributed by atoms with Crippen LogP contribution in [0.2, 0.25) is 0 Å². The highest BCUT2D eigenvalue weighted by atomic mass is 79.9. The molecule has 0 radical (unpaired) electrons. The van der Waals surface area contributed by atoms with Crippen molar-refractivity contribution in [1.29, 1.82) is 0 Å². The Morgan fingerprint density at radius 3 is 2.47 bits per heavy atom. The summed E-state index contributed by atoms with van der Waals surface area (Å²) >= 11 is 9.00. The molecule has 0 spiro atoms. The zero-order chi connectivity index (χ0) is 13.1. The molecule has 0 atom stereocenters. The van der Waals surface area contributed by atoms with Gasteiger partial charge >= 0.3 is 6.18 Å². The molecule has 0 saturated carbocycles. The molecule has 6 heteroatoms. The lowest BCUT2D eigenvalue weighted by atomic mass is 10.2. The monoisotopic (exact) mass is 329 g/mol. The molecule has 0 aromatic heterocycles. The molecule has 1 aromatic carbocycles.